The van der Waals surface area contributed by atoms with E-state index in [0.29, 0.717) is 12.2 Å². The predicted molar refractivity (Wildman–Crippen MR) is 64.3 cm³/mol. The van der Waals surface area contributed by atoms with Gasteiger partial charge in [-0.2, -0.15) is 0 Å². The normalized spacial score (nSPS) is 9.29. The van der Waals surface area contributed by atoms with Crippen molar-refractivity contribution in [3.05, 3.63) is 12.2 Å². The molecule has 0 atom stereocenters. The van der Waals surface area contributed by atoms with Crippen LogP contribution in [0.2, 0.25) is 7.96 Å². The summed E-state index contributed by atoms with van der Waals surface area (Å²) in [5.74, 6) is -3.09. The van der Waals surface area contributed by atoms with Gasteiger partial charge in [0.2, 0.25) is 0 Å². The zero-order valence-electron chi connectivity index (χ0n) is 10.5. The van der Waals surface area contributed by atoms with Crippen molar-refractivity contribution in [3.63, 3.8) is 0 Å². The molecular weight excluding hydrogens is 415 g/mol. The molecule has 0 fully saturated rings. The quantitative estimate of drug-likeness (QED) is 0.309. The van der Waals surface area contributed by atoms with E-state index < -0.39 is 11.9 Å². The van der Waals surface area contributed by atoms with Crippen LogP contribution in [-0.4, -0.2) is 36.2 Å². The molecule has 96 valence electrons. The molecule has 0 unspecified atom stereocenters. The first-order valence-corrected chi connectivity index (χ1v) is 11.3. The van der Waals surface area contributed by atoms with Crippen molar-refractivity contribution in [2.24, 2.45) is 0 Å². The molecule has 0 aromatic heterocycles. The van der Waals surface area contributed by atoms with Crippen LogP contribution in [-0.2, 0) is 9.59 Å². The molecule has 17 heavy (non-hydrogen) atoms. The van der Waals surface area contributed by atoms with Gasteiger partial charge in [-0.1, -0.05) is 0 Å². The number of rotatable bonds is 8. The number of unbranched alkanes of at least 4 members (excludes halogenated alkanes) is 2. The van der Waals surface area contributed by atoms with Crippen LogP contribution in [0.4, 0.5) is 0 Å². The molecule has 0 aliphatic rings. The van der Waals surface area contributed by atoms with E-state index in [-0.39, 0.29) is 24.2 Å². The van der Waals surface area contributed by atoms with E-state index in [9.17, 15) is 19.8 Å². The third kappa shape index (κ3) is 25.7. The SMILES string of the molecule is CCC[CH2][Pb+2][CH2]CCC.O=C([O-])C=CC(=O)[O-]. The molecule has 0 saturated carbocycles. The summed E-state index contributed by atoms with van der Waals surface area (Å²) in [7, 11) is 0. The van der Waals surface area contributed by atoms with Crippen molar-refractivity contribution in [2.45, 2.75) is 47.5 Å². The topological polar surface area (TPSA) is 80.3 Å². The summed E-state index contributed by atoms with van der Waals surface area (Å²) in [5.41, 5.74) is 0. The third-order valence-corrected chi connectivity index (χ3v) is 7.27. The smallest absolute Gasteiger partial charge is 0.0643 e. The van der Waals surface area contributed by atoms with E-state index >= 15 is 0 Å². The van der Waals surface area contributed by atoms with Gasteiger partial charge in [0.15, 0.2) is 0 Å². The number of aliphatic carboxylic acids is 2. The van der Waals surface area contributed by atoms with Crippen molar-refractivity contribution < 1.29 is 19.8 Å². The average molecular weight is 435 g/mol. The van der Waals surface area contributed by atoms with Crippen molar-refractivity contribution in [2.75, 3.05) is 0 Å². The maximum absolute atomic E-state index is 9.41. The standard InChI is InChI=1S/C4H4O4.2C4H9.Pb/c5-3(6)1-2-4(7)8;2*1-3-4-2;/h1-2H,(H,5,6)(H,7,8);2*1,3-4H2,2H3;/q;;;+2/p-2. The minimum absolute atomic E-state index is 0.0390. The Morgan fingerprint density at radius 1 is 0.941 bits per heavy atom. The van der Waals surface area contributed by atoms with Gasteiger partial charge in [-0.3, -0.25) is 0 Å². The van der Waals surface area contributed by atoms with Crippen LogP contribution in [0.3, 0.4) is 0 Å². The van der Waals surface area contributed by atoms with E-state index in [1.165, 1.54) is 25.7 Å². The summed E-state index contributed by atoms with van der Waals surface area (Å²) in [6.07, 6.45) is 6.64. The molecule has 0 rings (SSSR count). The Balaban J connectivity index is 0. The molecule has 0 aromatic rings. The van der Waals surface area contributed by atoms with Crippen LogP contribution in [0, 0.1) is 0 Å². The van der Waals surface area contributed by atoms with Crippen LogP contribution in [0.5, 0.6) is 0 Å². The molecule has 5 heteroatoms. The number of carbonyl (C=O) groups excluding carboxylic acids is 2. The molecule has 0 heterocycles. The second-order valence-corrected chi connectivity index (χ2v) is 9.26. The van der Waals surface area contributed by atoms with Gasteiger partial charge in [-0.15, -0.1) is 0 Å². The van der Waals surface area contributed by atoms with Gasteiger partial charge in [-0.25, -0.2) is 0 Å². The molecule has 0 N–H and O–H groups in total. The molecule has 0 saturated heterocycles. The van der Waals surface area contributed by atoms with E-state index in [1.54, 1.807) is 7.96 Å². The number of hydrogen-bond donors (Lipinski definition) is 0. The maximum Gasteiger partial charge on any atom is 0.0643 e. The first-order chi connectivity index (χ1) is 8.04. The average Bonchev–Trinajstić information content (AvgIpc) is 2.27. The van der Waals surface area contributed by atoms with E-state index in [0.717, 1.165) is 0 Å². The summed E-state index contributed by atoms with van der Waals surface area (Å²) in [5, 5.41) is 18.8. The van der Waals surface area contributed by atoms with Gasteiger partial charge >= 0.3 is 71.7 Å². The largest absolute Gasteiger partial charge is 0.545 e. The molecular formula is C12H20O4Pb. The minimum atomic E-state index is -1.55. The molecule has 0 amide bonds. The second kappa shape index (κ2) is 15.6. The van der Waals surface area contributed by atoms with Crippen LogP contribution >= 0.6 is 0 Å². The van der Waals surface area contributed by atoms with Crippen LogP contribution in [0.1, 0.15) is 39.5 Å². The Morgan fingerprint density at radius 2 is 1.29 bits per heavy atom. The van der Waals surface area contributed by atoms with Crippen molar-refractivity contribution >= 4 is 36.2 Å². The van der Waals surface area contributed by atoms with E-state index in [4.69, 9.17) is 0 Å². The van der Waals surface area contributed by atoms with Gasteiger partial charge in [0.05, 0.1) is 11.9 Å². The minimum Gasteiger partial charge on any atom is -0.545 e. The summed E-state index contributed by atoms with van der Waals surface area (Å²) < 4.78 is 3.30. The monoisotopic (exact) mass is 436 g/mol. The predicted octanol–water partition coefficient (Wildman–Crippen LogP) is 0.170. The number of carboxylic acid groups (broad SMARTS) is 2. The summed E-state index contributed by atoms with van der Waals surface area (Å²) in [6.45, 7) is 4.59. The molecule has 0 aliphatic heterocycles. The first-order valence-electron chi connectivity index (χ1n) is 5.85. The van der Waals surface area contributed by atoms with Crippen molar-refractivity contribution in [1.29, 1.82) is 0 Å². The Morgan fingerprint density at radius 3 is 1.53 bits per heavy atom. The van der Waals surface area contributed by atoms with Crippen LogP contribution < -0.4 is 10.2 Å². The van der Waals surface area contributed by atoms with E-state index in [1.807, 2.05) is 0 Å². The number of hydrogen-bond acceptors (Lipinski definition) is 4. The number of carbonyl (C=O) groups is 2. The first kappa shape index (κ1) is 19.0. The van der Waals surface area contributed by atoms with Gasteiger partial charge in [0.1, 0.15) is 0 Å². The molecule has 0 radical (unpaired) electrons. The van der Waals surface area contributed by atoms with Gasteiger partial charge in [-0.05, 0) is 12.2 Å². The number of carboxylic acids is 2. The zero-order chi connectivity index (χ0) is 13.5. The summed E-state index contributed by atoms with van der Waals surface area (Å²) >= 11 is -0.0390. The van der Waals surface area contributed by atoms with Crippen LogP contribution in [0.25, 0.3) is 0 Å². The van der Waals surface area contributed by atoms with E-state index in [2.05, 4.69) is 13.8 Å². The Kier molecular flexibility index (Phi) is 17.4. The zero-order valence-corrected chi connectivity index (χ0v) is 14.4. The van der Waals surface area contributed by atoms with Gasteiger partial charge in [0, 0.05) is 0 Å². The Labute approximate surface area is 115 Å². The summed E-state index contributed by atoms with van der Waals surface area (Å²) in [6, 6.07) is 0. The van der Waals surface area contributed by atoms with Crippen molar-refractivity contribution in [1.82, 2.24) is 0 Å². The van der Waals surface area contributed by atoms with Gasteiger partial charge < -0.3 is 19.8 Å². The fraction of sp³-hybridized carbons (Fsp3) is 0.667. The third-order valence-electron chi connectivity index (χ3n) is 1.77. The second-order valence-electron chi connectivity index (χ2n) is 3.43. The summed E-state index contributed by atoms with van der Waals surface area (Å²) in [4.78, 5) is 18.8. The molecule has 4 nitrogen and oxygen atoms in total. The Hall–Kier alpha value is -0.398. The fourth-order valence-corrected chi connectivity index (χ4v) is 6.53. The van der Waals surface area contributed by atoms with Crippen LogP contribution in [0.15, 0.2) is 12.2 Å². The Bertz CT molecular complexity index is 205. The maximum atomic E-state index is 9.41. The van der Waals surface area contributed by atoms with Gasteiger partial charge in [0.25, 0.3) is 0 Å². The fourth-order valence-electron chi connectivity index (χ4n) is 0.865. The molecule has 0 aromatic carbocycles. The molecule has 0 spiro atoms. The molecule has 0 bridgehead atoms. The molecule has 0 aliphatic carbocycles. The van der Waals surface area contributed by atoms with Crippen molar-refractivity contribution in [3.8, 4) is 0 Å².